The van der Waals surface area contributed by atoms with Crippen LogP contribution in [0.15, 0.2) is 64.8 Å². The quantitative estimate of drug-likeness (QED) is 0.385. The molecule has 5 nitrogen and oxygen atoms in total. The molecule has 0 aromatic heterocycles. The molecule has 2 rings (SSSR count). The van der Waals surface area contributed by atoms with E-state index in [1.165, 1.54) is 61.7 Å². The first kappa shape index (κ1) is 21.9. The maximum Gasteiger partial charge on any atom is 0.387 e. The van der Waals surface area contributed by atoms with Crippen molar-refractivity contribution in [3.63, 3.8) is 0 Å². The van der Waals surface area contributed by atoms with Crippen molar-refractivity contribution in [1.82, 2.24) is 0 Å². The molecule has 0 aliphatic heterocycles. The van der Waals surface area contributed by atoms with Gasteiger partial charge in [0.25, 0.3) is 11.8 Å². The van der Waals surface area contributed by atoms with Crippen LogP contribution >= 0.6 is 0 Å². The van der Waals surface area contributed by atoms with Gasteiger partial charge >= 0.3 is 6.61 Å². The smallest absolute Gasteiger partial charge is 0.387 e. The van der Waals surface area contributed by atoms with Gasteiger partial charge in [-0.3, -0.25) is 9.79 Å². The number of hydrogen-bond donors (Lipinski definition) is 2. The number of ether oxygens (including phenoxy) is 1. The zero-order valence-corrected chi connectivity index (χ0v) is 15.6. The number of nitrogens with two attached hydrogens (primary N) is 1. The van der Waals surface area contributed by atoms with Gasteiger partial charge in [0.15, 0.2) is 0 Å². The maximum atomic E-state index is 13.5. The van der Waals surface area contributed by atoms with Gasteiger partial charge in [-0.25, -0.2) is 8.78 Å². The van der Waals surface area contributed by atoms with E-state index in [4.69, 9.17) is 5.73 Å². The number of carbonyl (C=O) groups is 1. The summed E-state index contributed by atoms with van der Waals surface area (Å²) in [5.41, 5.74) is 6.21. The van der Waals surface area contributed by atoms with Crippen LogP contribution < -0.4 is 15.8 Å². The summed E-state index contributed by atoms with van der Waals surface area (Å²) in [6, 6.07) is 10.7. The highest BCUT2D eigenvalue weighted by molar-refractivity contribution is 6.18. The molecule has 0 saturated carbocycles. The molecule has 0 spiro atoms. The lowest BCUT2D eigenvalue weighted by molar-refractivity contribution is -0.112. The van der Waals surface area contributed by atoms with Crippen molar-refractivity contribution in [2.24, 2.45) is 10.7 Å². The fraction of sp³-hybridized carbons (Fsp3) is 0.200. The Morgan fingerprint density at radius 2 is 1.86 bits per heavy atom. The number of nitrogens with zero attached hydrogens (tertiary/aromatic N) is 1. The maximum absolute atomic E-state index is 13.5. The van der Waals surface area contributed by atoms with Crippen LogP contribution in [0.3, 0.4) is 0 Å². The van der Waals surface area contributed by atoms with E-state index in [9.17, 15) is 22.4 Å². The summed E-state index contributed by atoms with van der Waals surface area (Å²) < 4.78 is 55.5. The summed E-state index contributed by atoms with van der Waals surface area (Å²) in [5.74, 6) is -3.72. The van der Waals surface area contributed by atoms with Crippen molar-refractivity contribution in [3.8, 4) is 5.75 Å². The molecule has 9 heteroatoms. The largest absolute Gasteiger partial charge is 0.435 e. The van der Waals surface area contributed by atoms with Gasteiger partial charge in [0.2, 0.25) is 0 Å². The number of benzene rings is 2. The van der Waals surface area contributed by atoms with Crippen LogP contribution in [0.25, 0.3) is 0 Å². The number of nitrogens with one attached hydrogen (secondary N) is 1. The Kier molecular flexibility index (Phi) is 6.98. The molecule has 29 heavy (non-hydrogen) atoms. The molecule has 0 bridgehead atoms. The normalized spacial score (nSPS) is 12.8. The van der Waals surface area contributed by atoms with Crippen LogP contribution in [0.2, 0.25) is 0 Å². The van der Waals surface area contributed by atoms with Gasteiger partial charge in [0, 0.05) is 30.1 Å². The molecule has 0 fully saturated rings. The predicted molar refractivity (Wildman–Crippen MR) is 103 cm³/mol. The Bertz CT molecular complexity index is 916. The third kappa shape index (κ3) is 6.63. The monoisotopic (exact) mass is 409 g/mol. The summed E-state index contributed by atoms with van der Waals surface area (Å²) in [6.45, 7) is -0.696. The van der Waals surface area contributed by atoms with Crippen LogP contribution in [0.1, 0.15) is 19.4 Å². The Morgan fingerprint density at radius 1 is 1.21 bits per heavy atom. The lowest BCUT2D eigenvalue weighted by Gasteiger charge is -2.13. The highest BCUT2D eigenvalue weighted by Gasteiger charge is 2.24. The molecule has 154 valence electrons. The highest BCUT2D eigenvalue weighted by Crippen LogP contribution is 2.28. The number of rotatable bonds is 7. The van der Waals surface area contributed by atoms with Crippen LogP contribution in [-0.2, 0) is 10.7 Å². The van der Waals surface area contributed by atoms with Crippen LogP contribution in [-0.4, -0.2) is 18.7 Å². The molecule has 0 heterocycles. The molecule has 0 radical (unpaired) electrons. The molecular weight excluding hydrogens is 390 g/mol. The average Bonchev–Trinajstić information content (AvgIpc) is 2.62. The van der Waals surface area contributed by atoms with Crippen molar-refractivity contribution in [2.75, 3.05) is 5.32 Å². The van der Waals surface area contributed by atoms with E-state index in [0.717, 1.165) is 6.92 Å². The van der Waals surface area contributed by atoms with Crippen LogP contribution in [0.5, 0.6) is 5.75 Å². The molecule has 2 aromatic rings. The number of anilines is 1. The Balaban J connectivity index is 2.15. The average molecular weight is 409 g/mol. The van der Waals surface area contributed by atoms with Crippen molar-refractivity contribution < 1.29 is 27.1 Å². The van der Waals surface area contributed by atoms with Crippen LogP contribution in [0, 0.1) is 0 Å². The fourth-order valence-corrected chi connectivity index (χ4v) is 2.26. The van der Waals surface area contributed by atoms with Gasteiger partial charge in [-0.05, 0) is 43.3 Å². The second-order valence-corrected chi connectivity index (χ2v) is 6.15. The fourth-order valence-electron chi connectivity index (χ4n) is 2.26. The minimum Gasteiger partial charge on any atom is -0.435 e. The number of halogens is 4. The molecule has 0 aliphatic carbocycles. The van der Waals surface area contributed by atoms with Crippen LogP contribution in [0.4, 0.5) is 28.9 Å². The van der Waals surface area contributed by atoms with Gasteiger partial charge in [-0.2, -0.15) is 8.78 Å². The van der Waals surface area contributed by atoms with Gasteiger partial charge in [-0.15, -0.1) is 0 Å². The third-order valence-electron chi connectivity index (χ3n) is 3.70. The minimum absolute atomic E-state index is 0.0200. The number of amides is 1. The zero-order valence-electron chi connectivity index (χ0n) is 15.6. The topological polar surface area (TPSA) is 76.7 Å². The second-order valence-electron chi connectivity index (χ2n) is 6.15. The number of aliphatic imine (C=N–C) groups is 1. The summed E-state index contributed by atoms with van der Waals surface area (Å²) in [5, 5.41) is 2.50. The molecule has 2 aromatic carbocycles. The number of hydrogen-bond acceptors (Lipinski definition) is 4. The molecule has 0 aliphatic rings. The number of carbonyl (C=O) groups excluding carboxylic acids is 1. The third-order valence-corrected chi connectivity index (χ3v) is 3.70. The minimum atomic E-state index is -3.05. The standard InChI is InChI=1S/C20H19F4N3O2/c1-12(25)17(11-26-14-6-8-16(9-7-14)29-19(21)22)18(28)27-15-5-3-4-13(10-15)20(2,23)24/h3-11,19H,25H2,1-2H3,(H,27,28). The Hall–Kier alpha value is -3.36. The van der Waals surface area contributed by atoms with Gasteiger partial charge < -0.3 is 15.8 Å². The molecule has 0 unspecified atom stereocenters. The number of allylic oxidation sites excluding steroid dienone is 1. The Labute approximate surface area is 164 Å². The van der Waals surface area contributed by atoms with Crippen molar-refractivity contribution in [3.05, 3.63) is 65.4 Å². The van der Waals surface area contributed by atoms with E-state index < -0.39 is 18.4 Å². The SMILES string of the molecule is CC(N)=C(C=Nc1ccc(OC(F)F)cc1)C(=O)Nc1cccc(C(C)(F)F)c1. The molecule has 0 atom stereocenters. The molecule has 3 N–H and O–H groups in total. The number of alkyl halides is 4. The summed E-state index contributed by atoms with van der Waals surface area (Å²) >= 11 is 0. The Morgan fingerprint density at radius 3 is 2.41 bits per heavy atom. The van der Waals surface area contributed by atoms with Gasteiger partial charge in [-0.1, -0.05) is 12.1 Å². The van der Waals surface area contributed by atoms with Gasteiger partial charge in [0.05, 0.1) is 11.3 Å². The molecule has 0 saturated heterocycles. The predicted octanol–water partition coefficient (Wildman–Crippen LogP) is 4.97. The van der Waals surface area contributed by atoms with Crippen molar-refractivity contribution >= 4 is 23.5 Å². The zero-order chi connectivity index (χ0) is 21.6. The summed E-state index contributed by atoms with van der Waals surface area (Å²) in [4.78, 5) is 16.6. The second kappa shape index (κ2) is 9.22. The first-order valence-electron chi connectivity index (χ1n) is 8.41. The summed E-state index contributed by atoms with van der Waals surface area (Å²) in [7, 11) is 0. The first-order valence-corrected chi connectivity index (χ1v) is 8.41. The van der Waals surface area contributed by atoms with E-state index in [1.54, 1.807) is 0 Å². The van der Waals surface area contributed by atoms with Crippen molar-refractivity contribution in [1.29, 1.82) is 0 Å². The van der Waals surface area contributed by atoms with E-state index in [2.05, 4.69) is 15.0 Å². The van der Waals surface area contributed by atoms with E-state index in [1.807, 2.05) is 0 Å². The molecular formula is C20H19F4N3O2. The van der Waals surface area contributed by atoms with Gasteiger partial charge in [0.1, 0.15) is 5.75 Å². The van der Waals surface area contributed by atoms with E-state index in [-0.39, 0.29) is 28.3 Å². The van der Waals surface area contributed by atoms with E-state index >= 15 is 0 Å². The first-order chi connectivity index (χ1) is 13.6. The van der Waals surface area contributed by atoms with E-state index in [0.29, 0.717) is 5.69 Å². The molecule has 1 amide bonds. The summed E-state index contributed by atoms with van der Waals surface area (Å²) in [6.07, 6.45) is 1.20. The lowest BCUT2D eigenvalue weighted by atomic mass is 10.1. The van der Waals surface area contributed by atoms with Crippen molar-refractivity contribution in [2.45, 2.75) is 26.4 Å². The highest BCUT2D eigenvalue weighted by atomic mass is 19.3. The lowest BCUT2D eigenvalue weighted by Crippen LogP contribution is -2.19.